The second-order valence-electron chi connectivity index (χ2n) is 11.5. The van der Waals surface area contributed by atoms with Crippen LogP contribution in [0.4, 0.5) is 0 Å². The van der Waals surface area contributed by atoms with Crippen LogP contribution in [0.15, 0.2) is 66.8 Å². The topological polar surface area (TPSA) is 108 Å². The van der Waals surface area contributed by atoms with Gasteiger partial charge in [0.15, 0.2) is 0 Å². The van der Waals surface area contributed by atoms with Gasteiger partial charge in [-0.15, -0.1) is 0 Å². The van der Waals surface area contributed by atoms with Gasteiger partial charge in [0.2, 0.25) is 0 Å². The van der Waals surface area contributed by atoms with Crippen LogP contribution in [0.3, 0.4) is 0 Å². The molecule has 0 bridgehead atoms. The number of esters is 2. The Balaban J connectivity index is 2.06. The molecule has 0 spiro atoms. The van der Waals surface area contributed by atoms with E-state index >= 15 is 0 Å². The normalized spacial score (nSPS) is 12.4. The predicted octanol–water partition coefficient (Wildman–Crippen LogP) is 8.59. The van der Waals surface area contributed by atoms with Gasteiger partial charge in [0.1, 0.15) is 36.9 Å². The Hall–Kier alpha value is -4.33. The third-order valence-electron chi connectivity index (χ3n) is 7.50. The average molecular weight is 619 g/mol. The van der Waals surface area contributed by atoms with E-state index in [0.717, 1.165) is 43.9 Å². The molecule has 0 heterocycles. The number of carboxylic acids is 1. The van der Waals surface area contributed by atoms with Gasteiger partial charge in [-0.2, -0.15) is 0 Å². The molecule has 8 heteroatoms. The van der Waals surface area contributed by atoms with Crippen LogP contribution < -0.4 is 9.47 Å². The molecule has 242 valence electrons. The van der Waals surface area contributed by atoms with Crippen LogP contribution in [0.25, 0.3) is 21.5 Å². The lowest BCUT2D eigenvalue weighted by Gasteiger charge is -2.23. The van der Waals surface area contributed by atoms with Gasteiger partial charge < -0.3 is 24.1 Å². The summed E-state index contributed by atoms with van der Waals surface area (Å²) < 4.78 is 24.3. The standard InChI is InChI=1S/C37H46O8/c1-7-9-11-15-27(44-36(40)24(3)4)22-42-33-29-17-13-14-18-30(29)34(32-21-26(35(38)39)19-20-31(32)33)43-23-28(16-12-10-8-2)45-37(41)25(5)6/h13-14,17-21,27-28H,3,5,7-12,15-16,22-23H2,1-2,4,6H3,(H,38,39). The van der Waals surface area contributed by atoms with Crippen LogP contribution >= 0.6 is 0 Å². The lowest BCUT2D eigenvalue weighted by Crippen LogP contribution is -2.26. The molecule has 0 saturated heterocycles. The Morgan fingerprint density at radius 3 is 1.56 bits per heavy atom. The first kappa shape index (κ1) is 35.2. The fourth-order valence-electron chi connectivity index (χ4n) is 5.00. The maximum atomic E-state index is 12.4. The van der Waals surface area contributed by atoms with Crippen molar-refractivity contribution in [2.75, 3.05) is 13.2 Å². The first-order valence-electron chi connectivity index (χ1n) is 15.8. The smallest absolute Gasteiger partial charge is 0.335 e. The van der Waals surface area contributed by atoms with Gasteiger partial charge in [-0.25, -0.2) is 14.4 Å². The van der Waals surface area contributed by atoms with Gasteiger partial charge in [0.25, 0.3) is 0 Å². The molecule has 3 aromatic rings. The number of carbonyl (C=O) groups excluding carboxylic acids is 2. The SMILES string of the molecule is C=C(C)C(=O)OC(CCCCC)COc1c2ccccc2c(OCC(CCCCC)OC(=O)C(=C)C)c2cc(C(=O)O)ccc12. The first-order chi connectivity index (χ1) is 21.6. The minimum Gasteiger partial charge on any atom is -0.488 e. The van der Waals surface area contributed by atoms with E-state index in [4.69, 9.17) is 18.9 Å². The minimum absolute atomic E-state index is 0.0791. The van der Waals surface area contributed by atoms with Crippen molar-refractivity contribution in [2.24, 2.45) is 0 Å². The number of fused-ring (bicyclic) bond motifs is 2. The van der Waals surface area contributed by atoms with Crippen LogP contribution in [0.5, 0.6) is 11.5 Å². The number of aromatic carboxylic acids is 1. The molecule has 0 aliphatic carbocycles. The summed E-state index contributed by atoms with van der Waals surface area (Å²) >= 11 is 0. The van der Waals surface area contributed by atoms with Crippen molar-refractivity contribution in [3.63, 3.8) is 0 Å². The summed E-state index contributed by atoms with van der Waals surface area (Å²) in [5.41, 5.74) is 0.714. The highest BCUT2D eigenvalue weighted by molar-refractivity contribution is 6.12. The zero-order valence-electron chi connectivity index (χ0n) is 27.0. The molecule has 0 radical (unpaired) electrons. The number of hydrogen-bond acceptors (Lipinski definition) is 7. The third kappa shape index (κ3) is 9.83. The van der Waals surface area contributed by atoms with Gasteiger partial charge in [-0.05, 0) is 57.7 Å². The van der Waals surface area contributed by atoms with Gasteiger partial charge in [0, 0.05) is 32.7 Å². The highest BCUT2D eigenvalue weighted by Gasteiger charge is 2.23. The fourth-order valence-corrected chi connectivity index (χ4v) is 5.00. The van der Waals surface area contributed by atoms with E-state index in [1.54, 1.807) is 26.0 Å². The predicted molar refractivity (Wildman–Crippen MR) is 177 cm³/mol. The highest BCUT2D eigenvalue weighted by atomic mass is 16.6. The maximum Gasteiger partial charge on any atom is 0.335 e. The van der Waals surface area contributed by atoms with E-state index in [1.807, 2.05) is 24.3 Å². The lowest BCUT2D eigenvalue weighted by atomic mass is 9.98. The van der Waals surface area contributed by atoms with E-state index in [2.05, 4.69) is 27.0 Å². The molecule has 0 fully saturated rings. The Morgan fingerprint density at radius 1 is 0.689 bits per heavy atom. The number of unbranched alkanes of at least 4 members (excludes halogenated alkanes) is 4. The van der Waals surface area contributed by atoms with E-state index < -0.39 is 30.1 Å². The molecule has 2 atom stereocenters. The van der Waals surface area contributed by atoms with Crippen molar-refractivity contribution in [1.82, 2.24) is 0 Å². The Labute approximate surface area is 266 Å². The molecule has 3 rings (SSSR count). The third-order valence-corrected chi connectivity index (χ3v) is 7.50. The van der Waals surface area contributed by atoms with E-state index in [-0.39, 0.29) is 18.8 Å². The molecule has 1 N–H and O–H groups in total. The highest BCUT2D eigenvalue weighted by Crippen LogP contribution is 2.43. The zero-order chi connectivity index (χ0) is 32.9. The summed E-state index contributed by atoms with van der Waals surface area (Å²) in [6, 6.07) is 12.4. The van der Waals surface area contributed by atoms with Gasteiger partial charge in [0.05, 0.1) is 5.56 Å². The van der Waals surface area contributed by atoms with Crippen molar-refractivity contribution >= 4 is 39.5 Å². The summed E-state index contributed by atoms with van der Waals surface area (Å²) in [4.78, 5) is 36.8. The first-order valence-corrected chi connectivity index (χ1v) is 15.8. The second kappa shape index (κ2) is 17.2. The molecule has 0 aromatic heterocycles. The van der Waals surface area contributed by atoms with Crippen LogP contribution in [0.2, 0.25) is 0 Å². The van der Waals surface area contributed by atoms with Crippen LogP contribution in [0, 0.1) is 0 Å². The van der Waals surface area contributed by atoms with Gasteiger partial charge >= 0.3 is 17.9 Å². The largest absolute Gasteiger partial charge is 0.488 e. The van der Waals surface area contributed by atoms with Gasteiger partial charge in [-0.1, -0.05) is 77.0 Å². The Kier molecular flexibility index (Phi) is 13.5. The second-order valence-corrected chi connectivity index (χ2v) is 11.5. The monoisotopic (exact) mass is 618 g/mol. The average Bonchev–Trinajstić information content (AvgIpc) is 3.01. The Morgan fingerprint density at radius 2 is 1.13 bits per heavy atom. The quantitative estimate of drug-likeness (QED) is 0.0616. The van der Waals surface area contributed by atoms with Crippen molar-refractivity contribution in [3.05, 3.63) is 72.3 Å². The number of carboxylic acid groups (broad SMARTS) is 1. The molecule has 0 aliphatic rings. The van der Waals surface area contributed by atoms with Crippen LogP contribution in [-0.2, 0) is 19.1 Å². The molecular weight excluding hydrogens is 572 g/mol. The lowest BCUT2D eigenvalue weighted by molar-refractivity contribution is -0.147. The molecule has 0 aliphatic heterocycles. The number of rotatable bonds is 19. The van der Waals surface area contributed by atoms with Crippen molar-refractivity contribution in [3.8, 4) is 11.5 Å². The number of carbonyl (C=O) groups is 3. The van der Waals surface area contributed by atoms with Crippen molar-refractivity contribution in [1.29, 1.82) is 0 Å². The summed E-state index contributed by atoms with van der Waals surface area (Å²) in [5, 5.41) is 12.5. The van der Waals surface area contributed by atoms with Crippen molar-refractivity contribution < 1.29 is 38.4 Å². The number of benzene rings is 3. The Bertz CT molecular complexity index is 1520. The maximum absolute atomic E-state index is 12.4. The summed E-state index contributed by atoms with van der Waals surface area (Å²) in [5.74, 6) is -1.02. The van der Waals surface area contributed by atoms with E-state index in [9.17, 15) is 19.5 Å². The summed E-state index contributed by atoms with van der Waals surface area (Å²) in [6.45, 7) is 15.0. The minimum atomic E-state index is -1.07. The van der Waals surface area contributed by atoms with E-state index in [0.29, 0.717) is 51.6 Å². The number of hydrogen-bond donors (Lipinski definition) is 1. The molecule has 0 saturated carbocycles. The number of ether oxygens (including phenoxy) is 4. The molecular formula is C37H46O8. The van der Waals surface area contributed by atoms with Crippen molar-refractivity contribution in [2.45, 2.75) is 91.3 Å². The van der Waals surface area contributed by atoms with Crippen LogP contribution in [-0.4, -0.2) is 48.4 Å². The molecule has 45 heavy (non-hydrogen) atoms. The zero-order valence-corrected chi connectivity index (χ0v) is 27.0. The molecule has 3 aromatic carbocycles. The van der Waals surface area contributed by atoms with Gasteiger partial charge in [-0.3, -0.25) is 0 Å². The fraction of sp³-hybridized carbons (Fsp3) is 0.432. The summed E-state index contributed by atoms with van der Waals surface area (Å²) in [6.07, 6.45) is 6.01. The summed E-state index contributed by atoms with van der Waals surface area (Å²) in [7, 11) is 0. The molecule has 8 nitrogen and oxygen atoms in total. The molecule has 2 unspecified atom stereocenters. The molecule has 0 amide bonds. The van der Waals surface area contributed by atoms with E-state index in [1.165, 1.54) is 6.07 Å². The van der Waals surface area contributed by atoms with Crippen LogP contribution in [0.1, 0.15) is 89.4 Å².